The van der Waals surface area contributed by atoms with E-state index < -0.39 is 17.2 Å². The number of aliphatic hydroxyl groups is 1. The van der Waals surface area contributed by atoms with Crippen LogP contribution in [0.3, 0.4) is 0 Å². The highest BCUT2D eigenvalue weighted by molar-refractivity contribution is 5.71. The molecule has 0 radical (unpaired) electrons. The Morgan fingerprint density at radius 1 is 1.10 bits per heavy atom. The van der Waals surface area contributed by atoms with E-state index in [1.807, 2.05) is 7.05 Å². The number of carbonyl (C=O) groups excluding carboxylic acids is 1. The summed E-state index contributed by atoms with van der Waals surface area (Å²) in [5.74, 6) is -0.416. The SMILES string of the molecule is CNCC(C)(C)COCC(C)(O)CC(=O)OC(C)(C)C. The summed E-state index contributed by atoms with van der Waals surface area (Å²) in [6, 6.07) is 0. The summed E-state index contributed by atoms with van der Waals surface area (Å²) < 4.78 is 10.7. The zero-order valence-corrected chi connectivity index (χ0v) is 14.0. The minimum absolute atomic E-state index is 0.0171. The summed E-state index contributed by atoms with van der Waals surface area (Å²) in [5, 5.41) is 13.3. The Morgan fingerprint density at radius 3 is 2.10 bits per heavy atom. The van der Waals surface area contributed by atoms with Crippen LogP contribution in [-0.4, -0.2) is 49.1 Å². The third-order valence-corrected chi connectivity index (χ3v) is 2.51. The zero-order chi connectivity index (χ0) is 16.0. The third-order valence-electron chi connectivity index (χ3n) is 2.51. The zero-order valence-electron chi connectivity index (χ0n) is 14.0. The van der Waals surface area contributed by atoms with Crippen LogP contribution >= 0.6 is 0 Å². The lowest BCUT2D eigenvalue weighted by molar-refractivity contribution is -0.162. The molecule has 0 aromatic rings. The molecule has 2 N–H and O–H groups in total. The predicted molar refractivity (Wildman–Crippen MR) is 79.6 cm³/mol. The Kier molecular flexibility index (Phi) is 7.14. The molecule has 0 bridgehead atoms. The van der Waals surface area contributed by atoms with Gasteiger partial charge in [0, 0.05) is 12.0 Å². The fourth-order valence-corrected chi connectivity index (χ4v) is 1.82. The van der Waals surface area contributed by atoms with Crippen LogP contribution in [0.1, 0.15) is 48.0 Å². The number of esters is 1. The van der Waals surface area contributed by atoms with Gasteiger partial charge < -0.3 is 19.9 Å². The highest BCUT2D eigenvalue weighted by atomic mass is 16.6. The van der Waals surface area contributed by atoms with Crippen molar-refractivity contribution in [3.8, 4) is 0 Å². The Morgan fingerprint density at radius 2 is 1.65 bits per heavy atom. The van der Waals surface area contributed by atoms with Crippen LogP contribution in [0, 0.1) is 5.41 Å². The summed E-state index contributed by atoms with van der Waals surface area (Å²) in [4.78, 5) is 11.7. The first-order chi connectivity index (χ1) is 8.87. The van der Waals surface area contributed by atoms with Crippen molar-refractivity contribution in [3.63, 3.8) is 0 Å². The Balaban J connectivity index is 4.16. The van der Waals surface area contributed by atoms with Crippen molar-refractivity contribution in [1.82, 2.24) is 5.32 Å². The molecule has 1 atom stereocenters. The highest BCUT2D eigenvalue weighted by Crippen LogP contribution is 2.18. The molecule has 0 aliphatic rings. The molecule has 0 saturated heterocycles. The highest BCUT2D eigenvalue weighted by Gasteiger charge is 2.29. The van der Waals surface area contributed by atoms with E-state index in [9.17, 15) is 9.90 Å². The predicted octanol–water partition coefficient (Wildman–Crippen LogP) is 1.73. The minimum atomic E-state index is -1.21. The normalized spacial score (nSPS) is 15.8. The largest absolute Gasteiger partial charge is 0.460 e. The smallest absolute Gasteiger partial charge is 0.309 e. The van der Waals surface area contributed by atoms with Crippen LogP contribution in [-0.2, 0) is 14.3 Å². The van der Waals surface area contributed by atoms with Crippen molar-refractivity contribution in [3.05, 3.63) is 0 Å². The molecule has 20 heavy (non-hydrogen) atoms. The van der Waals surface area contributed by atoms with Gasteiger partial charge in [0.1, 0.15) is 5.60 Å². The van der Waals surface area contributed by atoms with Crippen LogP contribution < -0.4 is 5.32 Å². The third kappa shape index (κ3) is 10.2. The molecule has 0 aromatic heterocycles. The van der Waals surface area contributed by atoms with Crippen molar-refractivity contribution in [2.45, 2.75) is 59.2 Å². The van der Waals surface area contributed by atoms with Gasteiger partial charge in [0.05, 0.1) is 25.2 Å². The number of hydrogen-bond donors (Lipinski definition) is 2. The topological polar surface area (TPSA) is 67.8 Å². The van der Waals surface area contributed by atoms with E-state index in [0.717, 1.165) is 6.54 Å². The van der Waals surface area contributed by atoms with Gasteiger partial charge in [-0.25, -0.2) is 0 Å². The molecule has 5 nitrogen and oxygen atoms in total. The standard InChI is InChI=1S/C15H31NO4/c1-13(2,3)20-12(17)8-15(6,18)11-19-10-14(4,5)9-16-7/h16,18H,8-11H2,1-7H3. The van der Waals surface area contributed by atoms with Crippen LogP contribution in [0.4, 0.5) is 0 Å². The lowest BCUT2D eigenvalue weighted by atomic mass is 9.95. The number of carbonyl (C=O) groups is 1. The fourth-order valence-electron chi connectivity index (χ4n) is 1.82. The first-order valence-electron chi connectivity index (χ1n) is 7.03. The average Bonchev–Trinajstić information content (AvgIpc) is 2.11. The summed E-state index contributed by atoms with van der Waals surface area (Å²) >= 11 is 0. The molecule has 0 amide bonds. The van der Waals surface area contributed by atoms with Gasteiger partial charge in [0.25, 0.3) is 0 Å². The van der Waals surface area contributed by atoms with Gasteiger partial charge in [-0.15, -0.1) is 0 Å². The molecular formula is C15H31NO4. The van der Waals surface area contributed by atoms with Crippen molar-refractivity contribution >= 4 is 5.97 Å². The molecule has 0 heterocycles. The van der Waals surface area contributed by atoms with Gasteiger partial charge in [0.15, 0.2) is 0 Å². The first-order valence-corrected chi connectivity index (χ1v) is 7.03. The minimum Gasteiger partial charge on any atom is -0.460 e. The molecule has 0 aliphatic carbocycles. The Hall–Kier alpha value is -0.650. The van der Waals surface area contributed by atoms with Crippen LogP contribution in [0.25, 0.3) is 0 Å². The van der Waals surface area contributed by atoms with Gasteiger partial charge in [-0.1, -0.05) is 13.8 Å². The maximum atomic E-state index is 11.7. The lowest BCUT2D eigenvalue weighted by Crippen LogP contribution is -2.38. The van der Waals surface area contributed by atoms with E-state index in [-0.39, 0.29) is 18.4 Å². The molecule has 0 saturated carbocycles. The summed E-state index contributed by atoms with van der Waals surface area (Å²) in [7, 11) is 1.89. The van der Waals surface area contributed by atoms with Gasteiger partial charge in [-0.2, -0.15) is 0 Å². The van der Waals surface area contributed by atoms with Gasteiger partial charge in [-0.05, 0) is 34.7 Å². The molecule has 0 spiro atoms. The van der Waals surface area contributed by atoms with E-state index in [4.69, 9.17) is 9.47 Å². The summed E-state index contributed by atoms with van der Waals surface area (Å²) in [5.41, 5.74) is -1.77. The molecule has 120 valence electrons. The first kappa shape index (κ1) is 19.4. The molecule has 0 rings (SSSR count). The molecular weight excluding hydrogens is 258 g/mol. The second-order valence-electron chi connectivity index (χ2n) is 7.45. The fraction of sp³-hybridized carbons (Fsp3) is 0.933. The van der Waals surface area contributed by atoms with Crippen molar-refractivity contribution in [2.75, 3.05) is 26.8 Å². The van der Waals surface area contributed by atoms with Crippen LogP contribution in [0.5, 0.6) is 0 Å². The van der Waals surface area contributed by atoms with E-state index in [1.54, 1.807) is 27.7 Å². The molecule has 0 aromatic carbocycles. The van der Waals surface area contributed by atoms with Gasteiger partial charge >= 0.3 is 5.97 Å². The van der Waals surface area contributed by atoms with E-state index >= 15 is 0 Å². The molecule has 0 aliphatic heterocycles. The maximum absolute atomic E-state index is 11.7. The quantitative estimate of drug-likeness (QED) is 0.666. The van der Waals surface area contributed by atoms with Gasteiger partial charge in [0.2, 0.25) is 0 Å². The number of rotatable bonds is 8. The monoisotopic (exact) mass is 289 g/mol. The number of nitrogens with one attached hydrogen (secondary N) is 1. The Labute approximate surface area is 123 Å². The summed E-state index contributed by atoms with van der Waals surface area (Å²) in [6.07, 6.45) is -0.0727. The second-order valence-corrected chi connectivity index (χ2v) is 7.45. The average molecular weight is 289 g/mol. The number of ether oxygens (including phenoxy) is 2. The van der Waals surface area contributed by atoms with Crippen LogP contribution in [0.2, 0.25) is 0 Å². The lowest BCUT2D eigenvalue weighted by Gasteiger charge is -2.28. The van der Waals surface area contributed by atoms with Crippen molar-refractivity contribution in [2.24, 2.45) is 5.41 Å². The van der Waals surface area contributed by atoms with E-state index in [1.165, 1.54) is 0 Å². The number of hydrogen-bond acceptors (Lipinski definition) is 5. The summed E-state index contributed by atoms with van der Waals surface area (Å²) in [6.45, 7) is 12.6. The molecule has 5 heteroatoms. The van der Waals surface area contributed by atoms with Crippen molar-refractivity contribution < 1.29 is 19.4 Å². The van der Waals surface area contributed by atoms with Crippen molar-refractivity contribution in [1.29, 1.82) is 0 Å². The Bertz CT molecular complexity index is 305. The van der Waals surface area contributed by atoms with E-state index in [2.05, 4.69) is 19.2 Å². The maximum Gasteiger partial charge on any atom is 0.309 e. The second kappa shape index (κ2) is 7.38. The van der Waals surface area contributed by atoms with Gasteiger partial charge in [-0.3, -0.25) is 4.79 Å². The van der Waals surface area contributed by atoms with Crippen LogP contribution in [0.15, 0.2) is 0 Å². The molecule has 1 unspecified atom stereocenters. The van der Waals surface area contributed by atoms with E-state index in [0.29, 0.717) is 6.61 Å². The molecule has 0 fully saturated rings.